The van der Waals surface area contributed by atoms with E-state index in [4.69, 9.17) is 5.11 Å². The molecule has 1 aliphatic rings. The van der Waals surface area contributed by atoms with Crippen LogP contribution in [0.3, 0.4) is 0 Å². The largest absolute Gasteiger partial charge is 0.478 e. The van der Waals surface area contributed by atoms with Crippen molar-refractivity contribution in [1.82, 2.24) is 5.32 Å². The molecule has 6 heteroatoms. The number of hydrogen-bond acceptors (Lipinski definition) is 3. The Morgan fingerprint density at radius 3 is 2.65 bits per heavy atom. The zero-order valence-electron chi connectivity index (χ0n) is 11.0. The van der Waals surface area contributed by atoms with Crippen LogP contribution in [0.15, 0.2) is 18.2 Å². The quantitative estimate of drug-likeness (QED) is 0.771. The van der Waals surface area contributed by atoms with E-state index in [9.17, 15) is 19.1 Å². The molecule has 0 bridgehead atoms. The Balaban J connectivity index is 1.98. The summed E-state index contributed by atoms with van der Waals surface area (Å²) in [7, 11) is 0. The Hall–Kier alpha value is -1.95. The van der Waals surface area contributed by atoms with E-state index in [1.54, 1.807) is 6.92 Å². The van der Waals surface area contributed by atoms with Gasteiger partial charge in [0.2, 0.25) is 5.91 Å². The van der Waals surface area contributed by atoms with Crippen molar-refractivity contribution in [2.24, 2.45) is 0 Å². The molecule has 5 nitrogen and oxygen atoms in total. The average molecular weight is 281 g/mol. The third-order valence-electron chi connectivity index (χ3n) is 3.65. The fourth-order valence-corrected chi connectivity index (χ4v) is 2.21. The van der Waals surface area contributed by atoms with Crippen LogP contribution in [0.25, 0.3) is 0 Å². The van der Waals surface area contributed by atoms with Crippen LogP contribution in [0, 0.1) is 5.82 Å². The number of hydrogen-bond donors (Lipinski definition) is 3. The minimum atomic E-state index is -1.34. The van der Waals surface area contributed by atoms with Crippen molar-refractivity contribution in [2.75, 3.05) is 0 Å². The second kappa shape index (κ2) is 5.20. The monoisotopic (exact) mass is 281 g/mol. The van der Waals surface area contributed by atoms with Crippen LogP contribution in [0.2, 0.25) is 0 Å². The zero-order valence-corrected chi connectivity index (χ0v) is 11.0. The lowest BCUT2D eigenvalue weighted by Crippen LogP contribution is -2.58. The molecule has 1 saturated carbocycles. The Morgan fingerprint density at radius 2 is 2.20 bits per heavy atom. The van der Waals surface area contributed by atoms with E-state index in [1.165, 1.54) is 6.07 Å². The molecule has 20 heavy (non-hydrogen) atoms. The summed E-state index contributed by atoms with van der Waals surface area (Å²) in [5.74, 6) is -2.53. The number of aromatic carboxylic acids is 1. The van der Waals surface area contributed by atoms with Crippen LogP contribution in [0.4, 0.5) is 4.39 Å². The number of benzene rings is 1. The van der Waals surface area contributed by atoms with Crippen LogP contribution in [0.5, 0.6) is 0 Å². The number of rotatable bonds is 4. The second-order valence-electron chi connectivity index (χ2n) is 5.31. The van der Waals surface area contributed by atoms with Gasteiger partial charge in [-0.1, -0.05) is 6.07 Å². The van der Waals surface area contributed by atoms with Gasteiger partial charge in [-0.05, 0) is 37.5 Å². The maximum absolute atomic E-state index is 13.5. The number of nitrogens with one attached hydrogen (secondary N) is 1. The van der Waals surface area contributed by atoms with Gasteiger partial charge in [-0.15, -0.1) is 0 Å². The van der Waals surface area contributed by atoms with Crippen LogP contribution in [0.1, 0.15) is 35.7 Å². The first kappa shape index (κ1) is 14.5. The van der Waals surface area contributed by atoms with E-state index in [1.807, 2.05) is 0 Å². The molecule has 0 saturated heterocycles. The molecule has 2 rings (SSSR count). The van der Waals surface area contributed by atoms with Crippen molar-refractivity contribution in [3.63, 3.8) is 0 Å². The van der Waals surface area contributed by atoms with E-state index in [2.05, 4.69) is 5.32 Å². The molecule has 3 N–H and O–H groups in total. The van der Waals surface area contributed by atoms with Gasteiger partial charge in [0.15, 0.2) is 0 Å². The van der Waals surface area contributed by atoms with Gasteiger partial charge >= 0.3 is 5.97 Å². The van der Waals surface area contributed by atoms with E-state index in [0.717, 1.165) is 12.1 Å². The van der Waals surface area contributed by atoms with Gasteiger partial charge in [0.1, 0.15) is 5.82 Å². The van der Waals surface area contributed by atoms with Crippen molar-refractivity contribution in [3.05, 3.63) is 35.1 Å². The molecule has 108 valence electrons. The number of carboxylic acid groups (broad SMARTS) is 1. The lowest BCUT2D eigenvalue weighted by atomic mass is 9.76. The third-order valence-corrected chi connectivity index (χ3v) is 3.65. The van der Waals surface area contributed by atoms with Gasteiger partial charge in [0.05, 0.1) is 23.6 Å². The minimum Gasteiger partial charge on any atom is -0.478 e. The van der Waals surface area contributed by atoms with Crippen molar-refractivity contribution in [3.8, 4) is 0 Å². The van der Waals surface area contributed by atoms with Gasteiger partial charge in [0.25, 0.3) is 0 Å². The molecular formula is C14H16FNO4. The molecule has 0 unspecified atom stereocenters. The molecule has 0 spiro atoms. The SMILES string of the molecule is C[C@@]1(O)CC[C@H]1NC(=O)Cc1ccc(C(=O)O)c(F)c1. The smallest absolute Gasteiger partial charge is 0.338 e. The molecule has 0 aromatic heterocycles. The molecule has 1 aromatic carbocycles. The predicted octanol–water partition coefficient (Wildman–Crippen LogP) is 1.10. The highest BCUT2D eigenvalue weighted by molar-refractivity contribution is 5.88. The molecule has 2 atom stereocenters. The summed E-state index contributed by atoms with van der Waals surface area (Å²) in [4.78, 5) is 22.4. The first-order valence-electron chi connectivity index (χ1n) is 6.33. The van der Waals surface area contributed by atoms with E-state index < -0.39 is 23.0 Å². The van der Waals surface area contributed by atoms with E-state index in [-0.39, 0.29) is 18.4 Å². The molecule has 1 aromatic rings. The van der Waals surface area contributed by atoms with Gasteiger partial charge < -0.3 is 15.5 Å². The minimum absolute atomic E-state index is 0.0522. The Morgan fingerprint density at radius 1 is 1.50 bits per heavy atom. The van der Waals surface area contributed by atoms with Gasteiger partial charge in [-0.2, -0.15) is 0 Å². The Bertz CT molecular complexity index is 556. The molecule has 0 heterocycles. The van der Waals surface area contributed by atoms with E-state index >= 15 is 0 Å². The fraction of sp³-hybridized carbons (Fsp3) is 0.429. The molecular weight excluding hydrogens is 265 g/mol. The molecule has 0 radical (unpaired) electrons. The van der Waals surface area contributed by atoms with Crippen molar-refractivity contribution in [1.29, 1.82) is 0 Å². The summed E-state index contributed by atoms with van der Waals surface area (Å²) >= 11 is 0. The molecule has 0 aliphatic heterocycles. The second-order valence-corrected chi connectivity index (χ2v) is 5.31. The summed E-state index contributed by atoms with van der Waals surface area (Å²) in [6, 6.07) is 3.31. The number of amides is 1. The fourth-order valence-electron chi connectivity index (χ4n) is 2.21. The highest BCUT2D eigenvalue weighted by atomic mass is 19.1. The maximum atomic E-state index is 13.5. The highest BCUT2D eigenvalue weighted by Crippen LogP contribution is 2.31. The first-order valence-corrected chi connectivity index (χ1v) is 6.33. The van der Waals surface area contributed by atoms with Crippen LogP contribution in [-0.2, 0) is 11.2 Å². The van der Waals surface area contributed by atoms with Crippen LogP contribution < -0.4 is 5.32 Å². The van der Waals surface area contributed by atoms with Crippen molar-refractivity contribution in [2.45, 2.75) is 37.8 Å². The number of halogens is 1. The van der Waals surface area contributed by atoms with Crippen LogP contribution >= 0.6 is 0 Å². The standard InChI is InChI=1S/C14H16FNO4/c1-14(20)5-4-11(14)16-12(17)7-8-2-3-9(13(18)19)10(15)6-8/h2-3,6,11,20H,4-5,7H2,1H3,(H,16,17)(H,18,19)/t11-,14-/m1/s1. The topological polar surface area (TPSA) is 86.6 Å². The lowest BCUT2D eigenvalue weighted by molar-refractivity contribution is -0.127. The molecule has 1 fully saturated rings. The summed E-state index contributed by atoms with van der Waals surface area (Å²) in [5.41, 5.74) is -0.909. The predicted molar refractivity (Wildman–Crippen MR) is 68.9 cm³/mol. The molecule has 1 amide bonds. The average Bonchev–Trinajstić information content (AvgIpc) is 2.34. The van der Waals surface area contributed by atoms with Gasteiger partial charge in [-0.25, -0.2) is 9.18 Å². The van der Waals surface area contributed by atoms with E-state index in [0.29, 0.717) is 18.4 Å². The number of carbonyl (C=O) groups is 2. The highest BCUT2D eigenvalue weighted by Gasteiger charge is 2.41. The molecule has 1 aliphatic carbocycles. The summed E-state index contributed by atoms with van der Waals surface area (Å²) in [6.45, 7) is 1.66. The third kappa shape index (κ3) is 2.96. The Labute approximate surface area is 115 Å². The van der Waals surface area contributed by atoms with Crippen molar-refractivity contribution >= 4 is 11.9 Å². The first-order chi connectivity index (χ1) is 9.29. The number of aliphatic hydroxyl groups is 1. The van der Waals surface area contributed by atoms with Gasteiger partial charge in [-0.3, -0.25) is 4.79 Å². The van der Waals surface area contributed by atoms with Crippen molar-refractivity contribution < 1.29 is 24.2 Å². The Kier molecular flexibility index (Phi) is 3.76. The normalized spacial score (nSPS) is 24.9. The van der Waals surface area contributed by atoms with Gasteiger partial charge in [0, 0.05) is 0 Å². The number of carbonyl (C=O) groups excluding carboxylic acids is 1. The number of carboxylic acids is 1. The zero-order chi connectivity index (χ0) is 14.9. The summed E-state index contributed by atoms with van der Waals surface area (Å²) in [6.07, 6.45) is 1.30. The maximum Gasteiger partial charge on any atom is 0.338 e. The summed E-state index contributed by atoms with van der Waals surface area (Å²) in [5, 5.41) is 21.2. The summed E-state index contributed by atoms with van der Waals surface area (Å²) < 4.78 is 13.5. The van der Waals surface area contributed by atoms with Crippen LogP contribution in [-0.4, -0.2) is 33.7 Å². The lowest BCUT2D eigenvalue weighted by Gasteiger charge is -2.42.